The molecule has 0 fully saturated rings. The van der Waals surface area contributed by atoms with Crippen LogP contribution in [0.2, 0.25) is 15.1 Å². The Balaban J connectivity index is 2.33. The zero-order chi connectivity index (χ0) is 14.9. The van der Waals surface area contributed by atoms with Crippen molar-refractivity contribution in [2.75, 3.05) is 0 Å². The molecule has 0 aliphatic rings. The predicted molar refractivity (Wildman–Crippen MR) is 88.3 cm³/mol. The maximum atomic E-state index is 6.18. The fourth-order valence-corrected chi connectivity index (χ4v) is 2.64. The monoisotopic (exact) mass is 393 g/mol. The molecule has 0 aliphatic heterocycles. The van der Waals surface area contributed by atoms with Gasteiger partial charge in [0.2, 0.25) is 0 Å². The molecule has 2 aromatic rings. The van der Waals surface area contributed by atoms with Crippen LogP contribution in [0, 0.1) is 0 Å². The first-order valence-electron chi connectivity index (χ1n) is 5.76. The highest BCUT2D eigenvalue weighted by atomic mass is 79.9. The van der Waals surface area contributed by atoms with Crippen molar-refractivity contribution < 1.29 is 4.74 Å². The van der Waals surface area contributed by atoms with Crippen molar-refractivity contribution in [3.05, 3.63) is 55.4 Å². The summed E-state index contributed by atoms with van der Waals surface area (Å²) in [6.07, 6.45) is 0. The summed E-state index contributed by atoms with van der Waals surface area (Å²) in [4.78, 5) is 0. The van der Waals surface area contributed by atoms with Gasteiger partial charge < -0.3 is 10.5 Å². The lowest BCUT2D eigenvalue weighted by Gasteiger charge is -2.12. The number of benzene rings is 2. The molecule has 6 heteroatoms. The van der Waals surface area contributed by atoms with E-state index < -0.39 is 0 Å². The molecule has 1 atom stereocenters. The van der Waals surface area contributed by atoms with E-state index in [0.717, 1.165) is 5.56 Å². The average Bonchev–Trinajstić information content (AvgIpc) is 2.37. The second-order valence-electron chi connectivity index (χ2n) is 4.28. The van der Waals surface area contributed by atoms with Crippen molar-refractivity contribution in [2.45, 2.75) is 13.0 Å². The van der Waals surface area contributed by atoms with Gasteiger partial charge in [-0.1, -0.05) is 40.9 Å². The standard InChI is InChI=1S/C14H11BrCl3NO/c1-7(19)8-2-3-13(11(17)4-8)20-14-6-10(16)9(15)5-12(14)18/h2-7H,19H2,1H3/t7-/m1/s1. The molecule has 2 aromatic carbocycles. The van der Waals surface area contributed by atoms with Crippen LogP contribution in [-0.4, -0.2) is 0 Å². The molecule has 0 bridgehead atoms. The molecule has 20 heavy (non-hydrogen) atoms. The number of ether oxygens (including phenoxy) is 1. The Labute approximate surface area is 140 Å². The van der Waals surface area contributed by atoms with E-state index in [1.165, 1.54) is 0 Å². The summed E-state index contributed by atoms with van der Waals surface area (Å²) < 4.78 is 6.40. The molecule has 2 nitrogen and oxygen atoms in total. The third-order valence-electron chi connectivity index (χ3n) is 2.68. The summed E-state index contributed by atoms with van der Waals surface area (Å²) in [5.74, 6) is 0.937. The molecule has 0 spiro atoms. The second-order valence-corrected chi connectivity index (χ2v) is 6.35. The molecule has 106 valence electrons. The van der Waals surface area contributed by atoms with Gasteiger partial charge >= 0.3 is 0 Å². The maximum absolute atomic E-state index is 6.18. The van der Waals surface area contributed by atoms with Crippen LogP contribution in [0.4, 0.5) is 0 Å². The quantitative estimate of drug-likeness (QED) is 0.626. The van der Waals surface area contributed by atoms with Crippen LogP contribution >= 0.6 is 50.7 Å². The van der Waals surface area contributed by atoms with Crippen molar-refractivity contribution in [1.29, 1.82) is 0 Å². The summed E-state index contributed by atoms with van der Waals surface area (Å²) >= 11 is 21.6. The van der Waals surface area contributed by atoms with Crippen LogP contribution in [-0.2, 0) is 0 Å². The third kappa shape index (κ3) is 3.60. The third-order valence-corrected chi connectivity index (χ3v) is 4.46. The lowest BCUT2D eigenvalue weighted by Crippen LogP contribution is -2.04. The highest BCUT2D eigenvalue weighted by molar-refractivity contribution is 9.10. The first-order valence-corrected chi connectivity index (χ1v) is 7.68. The summed E-state index contributed by atoms with van der Waals surface area (Å²) in [6, 6.07) is 8.60. The summed E-state index contributed by atoms with van der Waals surface area (Å²) in [7, 11) is 0. The van der Waals surface area contributed by atoms with Crippen molar-refractivity contribution in [3.8, 4) is 11.5 Å². The smallest absolute Gasteiger partial charge is 0.147 e. The van der Waals surface area contributed by atoms with E-state index in [9.17, 15) is 0 Å². The summed E-state index contributed by atoms with van der Waals surface area (Å²) in [5, 5.41) is 1.41. The van der Waals surface area contributed by atoms with Gasteiger partial charge in [0.15, 0.2) is 0 Å². The molecular formula is C14H11BrCl3NO. The fraction of sp³-hybridized carbons (Fsp3) is 0.143. The van der Waals surface area contributed by atoms with Crippen molar-refractivity contribution >= 4 is 50.7 Å². The Morgan fingerprint density at radius 2 is 1.65 bits per heavy atom. The largest absolute Gasteiger partial charge is 0.454 e. The minimum absolute atomic E-state index is 0.0905. The molecule has 0 saturated carbocycles. The Morgan fingerprint density at radius 3 is 2.25 bits per heavy atom. The highest BCUT2D eigenvalue weighted by Crippen LogP contribution is 2.38. The van der Waals surface area contributed by atoms with Gasteiger partial charge in [0, 0.05) is 16.6 Å². The van der Waals surface area contributed by atoms with E-state index in [0.29, 0.717) is 31.0 Å². The van der Waals surface area contributed by atoms with Gasteiger partial charge in [-0.2, -0.15) is 0 Å². The number of halogens is 4. The topological polar surface area (TPSA) is 35.2 Å². The van der Waals surface area contributed by atoms with Crippen molar-refractivity contribution in [3.63, 3.8) is 0 Å². The van der Waals surface area contributed by atoms with Crippen LogP contribution in [0.15, 0.2) is 34.8 Å². The molecule has 2 N–H and O–H groups in total. The first kappa shape index (κ1) is 15.9. The minimum Gasteiger partial charge on any atom is -0.454 e. The Bertz CT molecular complexity index is 647. The molecule has 0 amide bonds. The van der Waals surface area contributed by atoms with E-state index in [-0.39, 0.29) is 6.04 Å². The molecular weight excluding hydrogens is 384 g/mol. The maximum Gasteiger partial charge on any atom is 0.147 e. The molecule has 0 heterocycles. The average molecular weight is 396 g/mol. The van der Waals surface area contributed by atoms with Gasteiger partial charge in [-0.15, -0.1) is 0 Å². The van der Waals surface area contributed by atoms with Crippen LogP contribution < -0.4 is 10.5 Å². The van der Waals surface area contributed by atoms with E-state index >= 15 is 0 Å². The summed E-state index contributed by atoms with van der Waals surface area (Å²) in [5.41, 5.74) is 6.74. The van der Waals surface area contributed by atoms with E-state index in [1.807, 2.05) is 13.0 Å². The Kier molecular flexibility index (Phi) is 5.21. The number of rotatable bonds is 3. The number of hydrogen-bond acceptors (Lipinski definition) is 2. The minimum atomic E-state index is -0.0905. The molecule has 0 radical (unpaired) electrons. The molecule has 0 aliphatic carbocycles. The van der Waals surface area contributed by atoms with Gasteiger partial charge in [-0.25, -0.2) is 0 Å². The first-order chi connectivity index (χ1) is 9.38. The van der Waals surface area contributed by atoms with Gasteiger partial charge in [0.25, 0.3) is 0 Å². The van der Waals surface area contributed by atoms with Crippen molar-refractivity contribution in [2.24, 2.45) is 5.73 Å². The normalized spacial score (nSPS) is 12.3. The Hall–Kier alpha value is -0.450. The van der Waals surface area contributed by atoms with Crippen LogP contribution in [0.5, 0.6) is 11.5 Å². The fourth-order valence-electron chi connectivity index (χ4n) is 1.58. The molecule has 0 aromatic heterocycles. The van der Waals surface area contributed by atoms with Crippen molar-refractivity contribution in [1.82, 2.24) is 0 Å². The number of hydrogen-bond donors (Lipinski definition) is 1. The zero-order valence-corrected chi connectivity index (χ0v) is 14.3. The highest BCUT2D eigenvalue weighted by Gasteiger charge is 2.11. The van der Waals surface area contributed by atoms with Gasteiger partial charge in [-0.3, -0.25) is 0 Å². The van der Waals surface area contributed by atoms with Crippen LogP contribution in [0.1, 0.15) is 18.5 Å². The van der Waals surface area contributed by atoms with Gasteiger partial charge in [0.05, 0.1) is 15.1 Å². The number of nitrogens with two attached hydrogens (primary N) is 1. The second kappa shape index (κ2) is 6.54. The molecule has 0 unspecified atom stereocenters. The molecule has 0 saturated heterocycles. The predicted octanol–water partition coefficient (Wildman–Crippen LogP) is 6.22. The van der Waals surface area contributed by atoms with E-state index in [2.05, 4.69) is 15.9 Å². The SMILES string of the molecule is C[C@@H](N)c1ccc(Oc2cc(Cl)c(Br)cc2Cl)c(Cl)c1. The van der Waals surface area contributed by atoms with E-state index in [1.54, 1.807) is 24.3 Å². The van der Waals surface area contributed by atoms with Crippen LogP contribution in [0.25, 0.3) is 0 Å². The summed E-state index contributed by atoms with van der Waals surface area (Å²) in [6.45, 7) is 1.89. The zero-order valence-electron chi connectivity index (χ0n) is 10.5. The van der Waals surface area contributed by atoms with Gasteiger partial charge in [0.1, 0.15) is 11.5 Å². The molecule has 2 rings (SSSR count). The lowest BCUT2D eigenvalue weighted by molar-refractivity contribution is 0.482. The van der Waals surface area contributed by atoms with Gasteiger partial charge in [-0.05, 0) is 46.6 Å². The Morgan fingerprint density at radius 1 is 1.00 bits per heavy atom. The van der Waals surface area contributed by atoms with Crippen LogP contribution in [0.3, 0.4) is 0 Å². The lowest BCUT2D eigenvalue weighted by atomic mass is 10.1. The van der Waals surface area contributed by atoms with E-state index in [4.69, 9.17) is 45.3 Å².